The third-order valence-corrected chi connectivity index (χ3v) is 7.84. The first-order valence-electron chi connectivity index (χ1n) is 11.8. The van der Waals surface area contributed by atoms with Crippen molar-refractivity contribution >= 4 is 34.8 Å². The van der Waals surface area contributed by atoms with Crippen molar-refractivity contribution < 1.29 is 19.1 Å². The minimum absolute atomic E-state index is 0.154. The van der Waals surface area contributed by atoms with Crippen LogP contribution in [0.2, 0.25) is 0 Å². The summed E-state index contributed by atoms with van der Waals surface area (Å²) < 4.78 is 10.4. The van der Waals surface area contributed by atoms with Crippen molar-refractivity contribution in [2.75, 3.05) is 18.2 Å². The van der Waals surface area contributed by atoms with Gasteiger partial charge in [-0.05, 0) is 28.8 Å². The minimum Gasteiger partial charge on any atom is -0.497 e. The number of benzene rings is 4. The number of nitrogens with zero attached hydrogens (tertiary/aromatic N) is 1. The molecule has 4 aromatic carbocycles. The van der Waals surface area contributed by atoms with Crippen molar-refractivity contribution in [3.8, 4) is 5.75 Å². The van der Waals surface area contributed by atoms with Gasteiger partial charge in [-0.1, -0.05) is 91.0 Å². The van der Waals surface area contributed by atoms with Gasteiger partial charge in [-0.25, -0.2) is 4.79 Å². The number of hydrogen-bond donors (Lipinski definition) is 2. The van der Waals surface area contributed by atoms with Crippen LogP contribution in [-0.4, -0.2) is 35.0 Å². The van der Waals surface area contributed by atoms with Crippen LogP contribution in [0.25, 0.3) is 11.1 Å². The van der Waals surface area contributed by atoms with Crippen molar-refractivity contribution in [1.82, 2.24) is 4.98 Å². The van der Waals surface area contributed by atoms with Gasteiger partial charge in [-0.3, -0.25) is 0 Å². The van der Waals surface area contributed by atoms with Gasteiger partial charge in [0.15, 0.2) is 5.58 Å². The van der Waals surface area contributed by atoms with Gasteiger partial charge in [0.2, 0.25) is 0 Å². The van der Waals surface area contributed by atoms with Crippen LogP contribution < -0.4 is 10.1 Å². The second-order valence-corrected chi connectivity index (χ2v) is 9.71. The van der Waals surface area contributed by atoms with E-state index in [1.165, 1.54) is 0 Å². The highest BCUT2D eigenvalue weighted by molar-refractivity contribution is 8.00. The van der Waals surface area contributed by atoms with Gasteiger partial charge in [-0.15, -0.1) is 11.8 Å². The zero-order valence-corrected chi connectivity index (χ0v) is 21.0. The molecule has 1 heterocycles. The number of nitrogens with one attached hydrogen (secondary N) is 1. The lowest BCUT2D eigenvalue weighted by atomic mass is 9.84. The number of oxazole rings is 1. The number of thioether (sulfide) groups is 1. The first-order valence-corrected chi connectivity index (χ1v) is 12.8. The van der Waals surface area contributed by atoms with Gasteiger partial charge < -0.3 is 19.6 Å². The van der Waals surface area contributed by atoms with E-state index < -0.39 is 16.8 Å². The molecule has 37 heavy (non-hydrogen) atoms. The summed E-state index contributed by atoms with van der Waals surface area (Å²) in [5.41, 5.74) is 4.33. The van der Waals surface area contributed by atoms with Crippen LogP contribution in [0.4, 0.5) is 6.01 Å². The van der Waals surface area contributed by atoms with Crippen LogP contribution >= 0.6 is 11.8 Å². The zero-order valence-electron chi connectivity index (χ0n) is 20.2. The average Bonchev–Trinajstić information content (AvgIpc) is 3.36. The maximum atomic E-state index is 12.4. The molecule has 5 aromatic rings. The summed E-state index contributed by atoms with van der Waals surface area (Å²) in [7, 11) is 1.58. The van der Waals surface area contributed by atoms with Gasteiger partial charge in [0.25, 0.3) is 6.01 Å². The molecule has 0 amide bonds. The lowest BCUT2D eigenvalue weighted by molar-refractivity contribution is -0.137. The lowest BCUT2D eigenvalue weighted by Gasteiger charge is -2.36. The van der Waals surface area contributed by atoms with Crippen molar-refractivity contribution in [3.63, 3.8) is 0 Å². The first-order chi connectivity index (χ1) is 18.1. The zero-order chi connectivity index (χ0) is 25.7. The van der Waals surface area contributed by atoms with Gasteiger partial charge in [0.05, 0.1) is 11.9 Å². The number of aliphatic carboxylic acids is 1. The number of carboxylic acid groups (broad SMARTS) is 1. The van der Waals surface area contributed by atoms with Crippen LogP contribution in [0.15, 0.2) is 114 Å². The molecule has 0 fully saturated rings. The van der Waals surface area contributed by atoms with E-state index in [0.717, 1.165) is 16.7 Å². The molecule has 1 atom stereocenters. The lowest BCUT2D eigenvalue weighted by Crippen LogP contribution is -2.35. The average molecular weight is 511 g/mol. The number of carbonyl (C=O) groups is 1. The van der Waals surface area contributed by atoms with Gasteiger partial charge in [-0.2, -0.15) is 4.98 Å². The molecule has 6 nitrogen and oxygen atoms in total. The number of anilines is 1. The fourth-order valence-corrected chi connectivity index (χ4v) is 5.95. The summed E-state index contributed by atoms with van der Waals surface area (Å²) in [4.78, 5) is 16.8. The molecule has 186 valence electrons. The van der Waals surface area contributed by atoms with Gasteiger partial charge in [0, 0.05) is 11.8 Å². The van der Waals surface area contributed by atoms with Crippen molar-refractivity contribution in [2.24, 2.45) is 0 Å². The molecule has 0 spiro atoms. The molecule has 0 saturated carbocycles. The monoisotopic (exact) mass is 510 g/mol. The normalized spacial score (nSPS) is 12.2. The number of aromatic nitrogens is 1. The molecule has 0 aliphatic rings. The second kappa shape index (κ2) is 10.8. The Morgan fingerprint density at radius 1 is 0.919 bits per heavy atom. The quantitative estimate of drug-likeness (QED) is 0.210. The molecular weight excluding hydrogens is 484 g/mol. The van der Waals surface area contributed by atoms with Crippen LogP contribution in [0.3, 0.4) is 0 Å². The number of rotatable bonds is 10. The predicted molar refractivity (Wildman–Crippen MR) is 147 cm³/mol. The number of fused-ring (bicyclic) bond motifs is 1. The summed E-state index contributed by atoms with van der Waals surface area (Å²) in [6.45, 7) is 0. The third-order valence-electron chi connectivity index (χ3n) is 6.20. The Morgan fingerprint density at radius 2 is 1.46 bits per heavy atom. The number of hydrogen-bond acceptors (Lipinski definition) is 6. The topological polar surface area (TPSA) is 84.6 Å². The summed E-state index contributed by atoms with van der Waals surface area (Å²) in [6, 6.07) is 35.0. The van der Waals surface area contributed by atoms with Crippen LogP contribution in [0.5, 0.6) is 5.75 Å². The molecule has 0 saturated heterocycles. The second-order valence-electron chi connectivity index (χ2n) is 8.48. The maximum Gasteiger partial charge on any atom is 0.327 e. The standard InChI is InChI=1S/C30H26N2O4S/c1-35-24-17-18-25-27(19-24)36-29(31-25)32-26(28(33)34)20-37-30(21-11-5-2-6-12-21,22-13-7-3-8-14-22)23-15-9-4-10-16-23/h2-19,26H,20H2,1H3,(H,31,32)(H,33,34)/t26-/m0/s1. The number of methoxy groups -OCH3 is 1. The third kappa shape index (κ3) is 5.04. The molecule has 7 heteroatoms. The van der Waals surface area contributed by atoms with Crippen LogP contribution in [0.1, 0.15) is 16.7 Å². The van der Waals surface area contributed by atoms with E-state index in [1.54, 1.807) is 37.1 Å². The highest BCUT2D eigenvalue weighted by Crippen LogP contribution is 2.48. The Balaban J connectivity index is 1.52. The fourth-order valence-electron chi connectivity index (χ4n) is 4.39. The Morgan fingerprint density at radius 3 is 1.95 bits per heavy atom. The minimum atomic E-state index is -0.990. The largest absolute Gasteiger partial charge is 0.497 e. The smallest absolute Gasteiger partial charge is 0.327 e. The Kier molecular flexibility index (Phi) is 7.14. The van der Waals surface area contributed by atoms with Crippen molar-refractivity contribution in [1.29, 1.82) is 0 Å². The van der Waals surface area contributed by atoms with E-state index in [-0.39, 0.29) is 11.8 Å². The van der Waals surface area contributed by atoms with E-state index in [2.05, 4.69) is 46.7 Å². The summed E-state index contributed by atoms with van der Waals surface area (Å²) in [5.74, 6) is -0.106. The number of carboxylic acids is 1. The summed E-state index contributed by atoms with van der Waals surface area (Å²) in [6.07, 6.45) is 0. The molecule has 0 radical (unpaired) electrons. The highest BCUT2D eigenvalue weighted by atomic mass is 32.2. The van der Waals surface area contributed by atoms with Gasteiger partial charge in [0.1, 0.15) is 17.3 Å². The Bertz CT molecular complexity index is 1380. The molecule has 0 aliphatic heterocycles. The summed E-state index contributed by atoms with van der Waals surface area (Å²) in [5, 5.41) is 13.1. The van der Waals surface area contributed by atoms with Crippen molar-refractivity contribution in [3.05, 3.63) is 126 Å². The van der Waals surface area contributed by atoms with E-state index in [9.17, 15) is 9.90 Å². The Labute approximate surface area is 219 Å². The first kappa shape index (κ1) is 24.5. The van der Waals surface area contributed by atoms with E-state index >= 15 is 0 Å². The maximum absolute atomic E-state index is 12.4. The Hall–Kier alpha value is -4.23. The molecule has 0 bridgehead atoms. The highest BCUT2D eigenvalue weighted by Gasteiger charge is 2.38. The summed E-state index contributed by atoms with van der Waals surface area (Å²) >= 11 is 1.56. The molecule has 0 aliphatic carbocycles. The number of ether oxygens (including phenoxy) is 1. The van der Waals surface area contributed by atoms with Gasteiger partial charge >= 0.3 is 5.97 Å². The SMILES string of the molecule is COc1ccc2nc(N[C@@H](CSC(c3ccccc3)(c3ccccc3)c3ccccc3)C(=O)O)oc2c1. The molecule has 1 aromatic heterocycles. The molecule has 0 unspecified atom stereocenters. The predicted octanol–water partition coefficient (Wildman–Crippen LogP) is 6.43. The fraction of sp³-hybridized carbons (Fsp3) is 0.133. The van der Waals surface area contributed by atoms with E-state index in [0.29, 0.717) is 16.8 Å². The van der Waals surface area contributed by atoms with Crippen molar-refractivity contribution in [2.45, 2.75) is 10.8 Å². The van der Waals surface area contributed by atoms with E-state index in [1.807, 2.05) is 54.6 Å². The van der Waals surface area contributed by atoms with Crippen LogP contribution in [-0.2, 0) is 9.54 Å². The molecule has 2 N–H and O–H groups in total. The van der Waals surface area contributed by atoms with E-state index in [4.69, 9.17) is 9.15 Å². The molecular formula is C30H26N2O4S. The molecule has 5 rings (SSSR count). The van der Waals surface area contributed by atoms with Crippen LogP contribution in [0, 0.1) is 0 Å².